The first-order valence-corrected chi connectivity index (χ1v) is 6.75. The molecule has 3 rings (SSSR count). The molecule has 0 aliphatic heterocycles. The van der Waals surface area contributed by atoms with Crippen LogP contribution in [0.1, 0.15) is 29.2 Å². The van der Waals surface area contributed by atoms with Crippen molar-refractivity contribution in [3.8, 4) is 11.5 Å². The predicted molar refractivity (Wildman–Crippen MR) is 69.5 cm³/mol. The molecule has 0 amide bonds. The first-order chi connectivity index (χ1) is 11.6. The lowest BCUT2D eigenvalue weighted by molar-refractivity contribution is -0.246. The van der Waals surface area contributed by atoms with Crippen LogP contribution in [0.25, 0.3) is 0 Å². The number of aliphatic hydroxyl groups excluding tert-OH is 1. The maximum absolute atomic E-state index is 13.8. The topological polar surface area (TPSA) is 42.4 Å². The summed E-state index contributed by atoms with van der Waals surface area (Å²) < 4.78 is 99.6. The molecule has 1 atom stereocenters. The molecule has 0 radical (unpaired) electrons. The van der Waals surface area contributed by atoms with Crippen LogP contribution in [0.2, 0.25) is 0 Å². The third kappa shape index (κ3) is 2.51. The van der Waals surface area contributed by atoms with Crippen molar-refractivity contribution in [3.63, 3.8) is 0 Å². The zero-order chi connectivity index (χ0) is 18.6. The van der Waals surface area contributed by atoms with Crippen molar-refractivity contribution in [3.05, 3.63) is 53.1 Å². The predicted octanol–water partition coefficient (Wildman–Crippen LogP) is 4.72. The number of aliphatic hydroxyl groups is 1. The third-order valence-corrected chi connectivity index (χ3v) is 3.75. The molecule has 1 aromatic carbocycles. The van der Waals surface area contributed by atoms with Crippen molar-refractivity contribution in [1.82, 2.24) is 4.98 Å². The number of pyridine rings is 1. The number of rotatable bonds is 3. The van der Waals surface area contributed by atoms with Crippen LogP contribution < -0.4 is 4.74 Å². The van der Waals surface area contributed by atoms with E-state index in [2.05, 4.69) is 4.98 Å². The molecule has 1 N–H and O–H groups in total. The Hall–Kier alpha value is -2.36. The Labute approximate surface area is 135 Å². The Morgan fingerprint density at radius 2 is 1.80 bits per heavy atom. The van der Waals surface area contributed by atoms with Crippen LogP contribution in [-0.2, 0) is 5.92 Å². The average molecular weight is 367 g/mol. The highest BCUT2D eigenvalue weighted by Crippen LogP contribution is 2.60. The van der Waals surface area contributed by atoms with Crippen LogP contribution in [-0.4, -0.2) is 16.0 Å². The van der Waals surface area contributed by atoms with Gasteiger partial charge in [-0.05, 0) is 12.1 Å². The number of halogens is 7. The molecule has 0 saturated carbocycles. The highest BCUT2D eigenvalue weighted by atomic mass is 19.3. The summed E-state index contributed by atoms with van der Waals surface area (Å²) in [6.07, 6.45) is -4.90. The van der Waals surface area contributed by atoms with E-state index < -0.39 is 52.6 Å². The molecule has 10 heteroatoms. The summed E-state index contributed by atoms with van der Waals surface area (Å²) in [5.41, 5.74) is -4.03. The Bertz CT molecular complexity index is 826. The summed E-state index contributed by atoms with van der Waals surface area (Å²) in [6.45, 7) is 0. The van der Waals surface area contributed by atoms with E-state index in [9.17, 15) is 35.8 Å². The molecule has 1 aliphatic rings. The highest BCUT2D eigenvalue weighted by Gasteiger charge is 2.69. The van der Waals surface area contributed by atoms with E-state index in [-0.39, 0.29) is 5.75 Å². The van der Waals surface area contributed by atoms with E-state index in [1.807, 2.05) is 0 Å². The minimum absolute atomic E-state index is 0.354. The van der Waals surface area contributed by atoms with Crippen LogP contribution in [0.15, 0.2) is 30.6 Å². The molecule has 0 spiro atoms. The highest BCUT2D eigenvalue weighted by molar-refractivity contribution is 5.54. The molecule has 1 aromatic heterocycles. The minimum Gasteiger partial charge on any atom is -0.455 e. The second-order valence-electron chi connectivity index (χ2n) is 5.28. The quantitative estimate of drug-likeness (QED) is 0.798. The monoisotopic (exact) mass is 367 g/mol. The van der Waals surface area contributed by atoms with E-state index in [0.717, 1.165) is 18.5 Å². The third-order valence-electron chi connectivity index (χ3n) is 3.75. The summed E-state index contributed by atoms with van der Waals surface area (Å²) in [5, 5.41) is 9.52. The first kappa shape index (κ1) is 17.5. The summed E-state index contributed by atoms with van der Waals surface area (Å²) in [5.74, 6) is -11.8. The number of hydrogen-bond acceptors (Lipinski definition) is 3. The fourth-order valence-electron chi connectivity index (χ4n) is 2.61. The van der Waals surface area contributed by atoms with Crippen molar-refractivity contribution in [1.29, 1.82) is 0 Å². The molecular weight excluding hydrogens is 359 g/mol. The van der Waals surface area contributed by atoms with Crippen LogP contribution in [0.3, 0.4) is 0 Å². The van der Waals surface area contributed by atoms with Crippen LogP contribution in [0, 0.1) is 5.82 Å². The van der Waals surface area contributed by atoms with Gasteiger partial charge in [-0.15, -0.1) is 0 Å². The number of hydrogen-bond donors (Lipinski definition) is 1. The lowest BCUT2D eigenvalue weighted by Crippen LogP contribution is -2.36. The van der Waals surface area contributed by atoms with Gasteiger partial charge in [0.1, 0.15) is 17.3 Å². The van der Waals surface area contributed by atoms with Gasteiger partial charge >= 0.3 is 11.8 Å². The largest absolute Gasteiger partial charge is 0.455 e. The number of aromatic nitrogens is 1. The molecule has 1 aliphatic carbocycles. The maximum Gasteiger partial charge on any atom is 0.343 e. The zero-order valence-electron chi connectivity index (χ0n) is 12.0. The molecular formula is C15H8F7NO2. The summed E-state index contributed by atoms with van der Waals surface area (Å²) in [7, 11) is 0. The van der Waals surface area contributed by atoms with Gasteiger partial charge in [0.25, 0.3) is 6.43 Å². The number of benzene rings is 1. The van der Waals surface area contributed by atoms with Gasteiger partial charge in [-0.2, -0.15) is 17.6 Å². The summed E-state index contributed by atoms with van der Waals surface area (Å²) in [6, 6.07) is 1.87. The van der Waals surface area contributed by atoms with Gasteiger partial charge in [0.2, 0.25) is 0 Å². The zero-order valence-corrected chi connectivity index (χ0v) is 12.0. The lowest BCUT2D eigenvalue weighted by Gasteiger charge is -2.21. The minimum atomic E-state index is -4.96. The van der Waals surface area contributed by atoms with Crippen molar-refractivity contribution in [2.75, 3.05) is 0 Å². The van der Waals surface area contributed by atoms with Crippen molar-refractivity contribution < 1.29 is 40.6 Å². The van der Waals surface area contributed by atoms with Gasteiger partial charge in [0.15, 0.2) is 6.10 Å². The van der Waals surface area contributed by atoms with Crippen LogP contribution in [0.4, 0.5) is 30.7 Å². The van der Waals surface area contributed by atoms with E-state index in [1.165, 1.54) is 0 Å². The smallest absolute Gasteiger partial charge is 0.343 e. The molecule has 1 heterocycles. The number of nitrogens with zero attached hydrogens (tertiary/aromatic N) is 1. The molecule has 0 fully saturated rings. The van der Waals surface area contributed by atoms with Gasteiger partial charge in [-0.3, -0.25) is 4.98 Å². The van der Waals surface area contributed by atoms with Gasteiger partial charge in [0.05, 0.1) is 18.0 Å². The van der Waals surface area contributed by atoms with Crippen LogP contribution in [0.5, 0.6) is 11.5 Å². The van der Waals surface area contributed by atoms with Crippen molar-refractivity contribution in [2.24, 2.45) is 0 Å². The van der Waals surface area contributed by atoms with Gasteiger partial charge < -0.3 is 9.84 Å². The second kappa shape index (κ2) is 5.58. The van der Waals surface area contributed by atoms with Crippen LogP contribution >= 0.6 is 0 Å². The van der Waals surface area contributed by atoms with Gasteiger partial charge in [0, 0.05) is 17.2 Å². The van der Waals surface area contributed by atoms with Crippen molar-refractivity contribution >= 4 is 0 Å². The first-order valence-electron chi connectivity index (χ1n) is 6.75. The number of ether oxygens (including phenoxy) is 1. The van der Waals surface area contributed by atoms with Crippen molar-refractivity contribution in [2.45, 2.75) is 24.4 Å². The second-order valence-corrected chi connectivity index (χ2v) is 5.28. The molecule has 0 unspecified atom stereocenters. The Kier molecular flexibility index (Phi) is 3.90. The molecule has 25 heavy (non-hydrogen) atoms. The molecule has 134 valence electrons. The summed E-state index contributed by atoms with van der Waals surface area (Å²) >= 11 is 0. The SMILES string of the molecule is O[C@@H]1c2c(ccc(Oc3cncc(F)c3)c2C(F)F)C(F)(F)C1(F)F. The maximum atomic E-state index is 13.8. The molecule has 3 nitrogen and oxygen atoms in total. The molecule has 0 saturated heterocycles. The fourth-order valence-corrected chi connectivity index (χ4v) is 2.61. The molecule has 0 bridgehead atoms. The van der Waals surface area contributed by atoms with Gasteiger partial charge in [-0.1, -0.05) is 0 Å². The normalized spacial score (nSPS) is 20.6. The van der Waals surface area contributed by atoms with E-state index in [0.29, 0.717) is 12.1 Å². The standard InChI is InChI=1S/C15H8F7NO2/c16-6-3-7(5-23-4-6)25-9-2-1-8-10(11(9)13(17)18)12(24)15(21,22)14(8,19)20/h1-5,12-13,24H/t12-/m1/s1. The lowest BCUT2D eigenvalue weighted by atomic mass is 10.0. The van der Waals surface area contributed by atoms with E-state index in [4.69, 9.17) is 4.74 Å². The van der Waals surface area contributed by atoms with Gasteiger partial charge in [-0.25, -0.2) is 13.2 Å². The summed E-state index contributed by atoms with van der Waals surface area (Å²) in [4.78, 5) is 3.41. The number of fused-ring (bicyclic) bond motifs is 1. The molecule has 2 aromatic rings. The Morgan fingerprint density at radius 3 is 2.40 bits per heavy atom. The van der Waals surface area contributed by atoms with E-state index >= 15 is 0 Å². The van der Waals surface area contributed by atoms with E-state index in [1.54, 1.807) is 0 Å². The Morgan fingerprint density at radius 1 is 1.12 bits per heavy atom. The average Bonchev–Trinajstić information content (AvgIpc) is 2.65. The number of alkyl halides is 6. The fraction of sp³-hybridized carbons (Fsp3) is 0.267. The Balaban J connectivity index is 2.17.